The molecule has 13 heavy (non-hydrogen) atoms. The molecule has 0 unspecified atom stereocenters. The van der Waals surface area contributed by atoms with Gasteiger partial charge in [0, 0.05) is 12.1 Å². The lowest BCUT2D eigenvalue weighted by atomic mass is 10.2. The molecule has 0 saturated heterocycles. The van der Waals surface area contributed by atoms with Crippen LogP contribution in [-0.2, 0) is 16.5 Å². The van der Waals surface area contributed by atoms with E-state index in [9.17, 15) is 15.2 Å². The third kappa shape index (κ3) is 2.81. The molecule has 0 atom stereocenters. The summed E-state index contributed by atoms with van der Waals surface area (Å²) in [6, 6.07) is 5.88. The molecule has 0 amide bonds. The predicted molar refractivity (Wildman–Crippen MR) is 43.4 cm³/mol. The van der Waals surface area contributed by atoms with Crippen molar-refractivity contribution in [1.82, 2.24) is 0 Å². The number of benzene rings is 1. The summed E-state index contributed by atoms with van der Waals surface area (Å²) in [5.41, 5.74) is 0.785. The summed E-state index contributed by atoms with van der Waals surface area (Å²) in [7, 11) is 0. The topological polar surface area (TPSA) is 72.3 Å². The van der Waals surface area contributed by atoms with Crippen molar-refractivity contribution in [2.75, 3.05) is 6.79 Å². The molecule has 0 bridgehead atoms. The Morgan fingerprint density at radius 3 is 2.38 bits per heavy atom. The number of non-ortho nitro benzene ring substituents is 1. The quantitative estimate of drug-likeness (QED) is 0.402. The molecule has 1 radical (unpaired) electrons. The lowest BCUT2D eigenvalue weighted by Gasteiger charge is -1.98. The summed E-state index contributed by atoms with van der Waals surface area (Å²) in [6.45, 7) is -0.404. The SMILES string of the molecule is [O]COCc1ccc([N+](=O)[O-])cc1. The van der Waals surface area contributed by atoms with Crippen molar-refractivity contribution in [2.45, 2.75) is 6.61 Å². The zero-order valence-electron chi connectivity index (χ0n) is 6.80. The minimum Gasteiger partial charge on any atom is -0.348 e. The van der Waals surface area contributed by atoms with Gasteiger partial charge in [0.25, 0.3) is 5.69 Å². The van der Waals surface area contributed by atoms with Gasteiger partial charge in [-0.1, -0.05) is 0 Å². The maximum Gasteiger partial charge on any atom is 0.269 e. The van der Waals surface area contributed by atoms with E-state index >= 15 is 0 Å². The van der Waals surface area contributed by atoms with Gasteiger partial charge < -0.3 is 4.74 Å². The molecule has 69 valence electrons. The molecule has 0 heterocycles. The first-order valence-electron chi connectivity index (χ1n) is 3.63. The molecular formula is C8H8NO4. The second kappa shape index (κ2) is 4.54. The summed E-state index contributed by atoms with van der Waals surface area (Å²) in [6.07, 6.45) is 0. The molecular weight excluding hydrogens is 174 g/mol. The molecule has 0 saturated carbocycles. The second-order valence-electron chi connectivity index (χ2n) is 2.39. The fourth-order valence-corrected chi connectivity index (χ4v) is 0.873. The summed E-state index contributed by atoms with van der Waals surface area (Å²) >= 11 is 0. The van der Waals surface area contributed by atoms with Gasteiger partial charge in [-0.15, -0.1) is 0 Å². The molecule has 0 aliphatic rings. The van der Waals surface area contributed by atoms with Crippen LogP contribution in [0, 0.1) is 10.1 Å². The van der Waals surface area contributed by atoms with Gasteiger partial charge in [-0.25, -0.2) is 5.11 Å². The van der Waals surface area contributed by atoms with E-state index in [-0.39, 0.29) is 12.3 Å². The van der Waals surface area contributed by atoms with Crippen LogP contribution in [0.2, 0.25) is 0 Å². The van der Waals surface area contributed by atoms with Gasteiger partial charge in [0.05, 0.1) is 11.5 Å². The van der Waals surface area contributed by atoms with Gasteiger partial charge >= 0.3 is 0 Å². The average molecular weight is 182 g/mol. The van der Waals surface area contributed by atoms with Crippen molar-refractivity contribution >= 4 is 5.69 Å². The Bertz CT molecular complexity index is 283. The Balaban J connectivity index is 2.64. The van der Waals surface area contributed by atoms with Gasteiger partial charge in [-0.2, -0.15) is 0 Å². The Hall–Kier alpha value is -1.46. The monoisotopic (exact) mass is 182 g/mol. The third-order valence-electron chi connectivity index (χ3n) is 1.50. The van der Waals surface area contributed by atoms with Crippen LogP contribution in [0.4, 0.5) is 5.69 Å². The summed E-state index contributed by atoms with van der Waals surface area (Å²) in [5.74, 6) is 0. The Kier molecular flexibility index (Phi) is 3.36. The van der Waals surface area contributed by atoms with Crippen LogP contribution < -0.4 is 0 Å². The van der Waals surface area contributed by atoms with Crippen LogP contribution in [-0.4, -0.2) is 11.7 Å². The first kappa shape index (κ1) is 9.63. The zero-order chi connectivity index (χ0) is 9.68. The van der Waals surface area contributed by atoms with Crippen LogP contribution in [0.25, 0.3) is 0 Å². The van der Waals surface area contributed by atoms with Gasteiger partial charge in [0.15, 0.2) is 6.79 Å². The highest BCUT2D eigenvalue weighted by molar-refractivity contribution is 5.32. The molecule has 1 aromatic carbocycles. The van der Waals surface area contributed by atoms with E-state index in [1.165, 1.54) is 12.1 Å². The van der Waals surface area contributed by atoms with E-state index in [2.05, 4.69) is 4.74 Å². The van der Waals surface area contributed by atoms with Gasteiger partial charge in [-0.05, 0) is 17.7 Å². The highest BCUT2D eigenvalue weighted by atomic mass is 16.6. The maximum absolute atomic E-state index is 10.3. The van der Waals surface area contributed by atoms with E-state index in [0.717, 1.165) is 5.56 Å². The standard InChI is InChI=1S/C8H8NO4/c10-6-13-5-7-1-3-8(4-2-7)9(11)12/h1-4H,5-6H2. The van der Waals surface area contributed by atoms with E-state index in [0.29, 0.717) is 0 Å². The molecule has 0 fully saturated rings. The predicted octanol–water partition coefficient (Wildman–Crippen LogP) is 1.50. The lowest BCUT2D eigenvalue weighted by Crippen LogP contribution is -1.93. The Labute approximate surface area is 74.7 Å². The number of nitrogens with zero attached hydrogens (tertiary/aromatic N) is 1. The fraction of sp³-hybridized carbons (Fsp3) is 0.250. The van der Waals surface area contributed by atoms with E-state index < -0.39 is 11.7 Å². The van der Waals surface area contributed by atoms with Gasteiger partial charge in [0.1, 0.15) is 0 Å². The maximum atomic E-state index is 10.3. The highest BCUT2D eigenvalue weighted by Crippen LogP contribution is 2.12. The third-order valence-corrected chi connectivity index (χ3v) is 1.50. The minimum atomic E-state index is -0.600. The highest BCUT2D eigenvalue weighted by Gasteiger charge is 2.03. The average Bonchev–Trinajstić information content (AvgIpc) is 2.15. The number of hydrogen-bond acceptors (Lipinski definition) is 3. The van der Waals surface area contributed by atoms with Gasteiger partial charge in [0.2, 0.25) is 0 Å². The number of nitro groups is 1. The van der Waals surface area contributed by atoms with E-state index in [1.807, 2.05) is 0 Å². The number of hydrogen-bond donors (Lipinski definition) is 0. The number of ether oxygens (including phenoxy) is 1. The van der Waals surface area contributed by atoms with Crippen LogP contribution in [0.15, 0.2) is 24.3 Å². The van der Waals surface area contributed by atoms with Crippen LogP contribution in [0.3, 0.4) is 0 Å². The summed E-state index contributed by atoms with van der Waals surface area (Å²) in [4.78, 5) is 9.78. The fourth-order valence-electron chi connectivity index (χ4n) is 0.873. The second-order valence-corrected chi connectivity index (χ2v) is 2.39. The number of nitro benzene ring substituents is 1. The molecule has 0 aliphatic carbocycles. The van der Waals surface area contributed by atoms with Crippen molar-refractivity contribution in [3.05, 3.63) is 39.9 Å². The molecule has 0 aliphatic heterocycles. The van der Waals surface area contributed by atoms with Crippen molar-refractivity contribution < 1.29 is 14.8 Å². The van der Waals surface area contributed by atoms with Crippen LogP contribution in [0.1, 0.15) is 5.56 Å². The lowest BCUT2D eigenvalue weighted by molar-refractivity contribution is -0.384. The van der Waals surface area contributed by atoms with Crippen LogP contribution in [0.5, 0.6) is 0 Å². The molecule has 0 spiro atoms. The smallest absolute Gasteiger partial charge is 0.269 e. The first-order valence-corrected chi connectivity index (χ1v) is 3.63. The minimum absolute atomic E-state index is 0.0332. The molecule has 5 nitrogen and oxygen atoms in total. The largest absolute Gasteiger partial charge is 0.348 e. The van der Waals surface area contributed by atoms with Gasteiger partial charge in [-0.3, -0.25) is 10.1 Å². The normalized spacial score (nSPS) is 9.92. The molecule has 1 rings (SSSR count). The van der Waals surface area contributed by atoms with Crippen molar-refractivity contribution in [3.63, 3.8) is 0 Å². The van der Waals surface area contributed by atoms with E-state index in [1.54, 1.807) is 12.1 Å². The first-order chi connectivity index (χ1) is 6.24. The Morgan fingerprint density at radius 1 is 1.31 bits per heavy atom. The Morgan fingerprint density at radius 2 is 1.92 bits per heavy atom. The molecule has 0 aromatic heterocycles. The molecule has 0 N–H and O–H groups in total. The zero-order valence-corrected chi connectivity index (χ0v) is 6.80. The molecule has 5 heteroatoms. The van der Waals surface area contributed by atoms with Crippen molar-refractivity contribution in [1.29, 1.82) is 0 Å². The number of rotatable bonds is 4. The van der Waals surface area contributed by atoms with E-state index in [4.69, 9.17) is 0 Å². The summed E-state index contributed by atoms with van der Waals surface area (Å²) in [5, 5.41) is 20.2. The molecule has 1 aromatic rings. The van der Waals surface area contributed by atoms with Crippen LogP contribution >= 0.6 is 0 Å². The van der Waals surface area contributed by atoms with Crippen molar-refractivity contribution in [2.24, 2.45) is 0 Å². The van der Waals surface area contributed by atoms with Crippen molar-refractivity contribution in [3.8, 4) is 0 Å². The summed E-state index contributed by atoms with van der Waals surface area (Å²) < 4.78 is 4.59.